The van der Waals surface area contributed by atoms with Crippen LogP contribution in [-0.2, 0) is 0 Å². The van der Waals surface area contributed by atoms with E-state index in [0.717, 1.165) is 11.5 Å². The molecule has 3 aliphatic carbocycles. The molecule has 0 aromatic carbocycles. The lowest BCUT2D eigenvalue weighted by Crippen LogP contribution is -2.70. The Hall–Kier alpha value is -0.0800. The van der Waals surface area contributed by atoms with Crippen LogP contribution in [0.1, 0.15) is 19.3 Å². The van der Waals surface area contributed by atoms with E-state index in [9.17, 15) is 0 Å². The molecule has 1 heterocycles. The Balaban J connectivity index is 1.68. The van der Waals surface area contributed by atoms with Crippen molar-refractivity contribution in [1.82, 2.24) is 10.2 Å². The Kier molecular flexibility index (Phi) is 1.16. The average Bonchev–Trinajstić information content (AvgIpc) is 1.83. The summed E-state index contributed by atoms with van der Waals surface area (Å²) in [6, 6.07) is 0. The molecule has 0 unspecified atom stereocenters. The average molecular weight is 152 g/mol. The lowest BCUT2D eigenvalue weighted by molar-refractivity contribution is -0.146. The van der Waals surface area contributed by atoms with E-state index in [1.54, 1.807) is 0 Å². The molecule has 3 saturated carbocycles. The van der Waals surface area contributed by atoms with Crippen LogP contribution in [0.15, 0.2) is 0 Å². The molecule has 4 rings (SSSR count). The summed E-state index contributed by atoms with van der Waals surface area (Å²) in [5.74, 6) is 1.13. The van der Waals surface area contributed by atoms with Gasteiger partial charge in [0.1, 0.15) is 0 Å². The fourth-order valence-corrected chi connectivity index (χ4v) is 2.96. The molecule has 11 heavy (non-hydrogen) atoms. The largest absolute Gasteiger partial charge is 0.314 e. The summed E-state index contributed by atoms with van der Waals surface area (Å²) in [4.78, 5) is 2.73. The Morgan fingerprint density at radius 3 is 2.18 bits per heavy atom. The van der Waals surface area contributed by atoms with Gasteiger partial charge >= 0.3 is 0 Å². The zero-order valence-electron chi connectivity index (χ0n) is 6.97. The van der Waals surface area contributed by atoms with Gasteiger partial charge in [0.05, 0.1) is 0 Å². The maximum atomic E-state index is 3.41. The predicted molar refractivity (Wildman–Crippen MR) is 44.5 cm³/mol. The first kappa shape index (κ1) is 6.44. The lowest BCUT2D eigenvalue weighted by Gasteiger charge is -2.67. The van der Waals surface area contributed by atoms with E-state index < -0.39 is 0 Å². The number of piperazine rings is 1. The van der Waals surface area contributed by atoms with Gasteiger partial charge in [-0.2, -0.15) is 0 Å². The standard InChI is InChI=1S/C9H16N2/c1-3-11(4-2-10-1)9-5-8(6-9)7-9/h8,10H,1-7H2. The van der Waals surface area contributed by atoms with E-state index in [1.165, 1.54) is 45.4 Å². The molecular weight excluding hydrogens is 136 g/mol. The summed E-state index contributed by atoms with van der Waals surface area (Å²) in [6.07, 6.45) is 4.56. The fraction of sp³-hybridized carbons (Fsp3) is 1.00. The second kappa shape index (κ2) is 1.99. The molecule has 1 N–H and O–H groups in total. The number of hydrogen-bond donors (Lipinski definition) is 1. The van der Waals surface area contributed by atoms with Crippen molar-refractivity contribution in [3.63, 3.8) is 0 Å². The van der Waals surface area contributed by atoms with Crippen LogP contribution in [0.4, 0.5) is 0 Å². The minimum absolute atomic E-state index is 0.729. The third kappa shape index (κ3) is 0.744. The molecule has 1 aliphatic heterocycles. The lowest BCUT2D eigenvalue weighted by atomic mass is 9.49. The quantitative estimate of drug-likeness (QED) is 0.586. The number of rotatable bonds is 1. The first-order chi connectivity index (χ1) is 5.39. The summed E-state index contributed by atoms with van der Waals surface area (Å²) >= 11 is 0. The van der Waals surface area contributed by atoms with Crippen molar-refractivity contribution < 1.29 is 0 Å². The topological polar surface area (TPSA) is 15.3 Å². The van der Waals surface area contributed by atoms with Crippen molar-refractivity contribution in [2.24, 2.45) is 5.92 Å². The van der Waals surface area contributed by atoms with E-state index in [2.05, 4.69) is 10.2 Å². The minimum Gasteiger partial charge on any atom is -0.314 e. The van der Waals surface area contributed by atoms with Crippen molar-refractivity contribution in [3.05, 3.63) is 0 Å². The van der Waals surface area contributed by atoms with E-state index in [1.807, 2.05) is 0 Å². The summed E-state index contributed by atoms with van der Waals surface area (Å²) < 4.78 is 0. The van der Waals surface area contributed by atoms with Gasteiger partial charge in [-0.25, -0.2) is 0 Å². The maximum absolute atomic E-state index is 3.41. The molecule has 1 saturated heterocycles. The number of nitrogens with zero attached hydrogens (tertiary/aromatic N) is 1. The predicted octanol–water partition coefficient (Wildman–Crippen LogP) is 0.444. The van der Waals surface area contributed by atoms with Crippen molar-refractivity contribution in [3.8, 4) is 0 Å². The zero-order valence-corrected chi connectivity index (χ0v) is 6.97. The van der Waals surface area contributed by atoms with Gasteiger partial charge < -0.3 is 5.32 Å². The van der Waals surface area contributed by atoms with Gasteiger partial charge in [0.2, 0.25) is 0 Å². The van der Waals surface area contributed by atoms with Crippen LogP contribution in [0.25, 0.3) is 0 Å². The summed E-state index contributed by atoms with van der Waals surface area (Å²) in [5, 5.41) is 3.41. The Morgan fingerprint density at radius 2 is 1.73 bits per heavy atom. The van der Waals surface area contributed by atoms with Crippen LogP contribution in [0.5, 0.6) is 0 Å². The highest BCUT2D eigenvalue weighted by Gasteiger charge is 2.59. The minimum atomic E-state index is 0.729. The van der Waals surface area contributed by atoms with Gasteiger partial charge in [-0.3, -0.25) is 4.90 Å². The first-order valence-corrected chi connectivity index (χ1v) is 4.85. The number of nitrogens with one attached hydrogen (secondary N) is 1. The molecule has 0 amide bonds. The molecule has 62 valence electrons. The summed E-state index contributed by atoms with van der Waals surface area (Å²) in [5.41, 5.74) is 0.729. The van der Waals surface area contributed by atoms with Gasteiger partial charge in [-0.15, -0.1) is 0 Å². The van der Waals surface area contributed by atoms with Crippen LogP contribution in [0.2, 0.25) is 0 Å². The highest BCUT2D eigenvalue weighted by atomic mass is 15.3. The van der Waals surface area contributed by atoms with Gasteiger partial charge in [0.25, 0.3) is 0 Å². The van der Waals surface area contributed by atoms with Gasteiger partial charge in [-0.05, 0) is 25.2 Å². The molecule has 4 fully saturated rings. The third-order valence-electron chi connectivity index (χ3n) is 3.79. The fourth-order valence-electron chi connectivity index (χ4n) is 2.96. The molecule has 2 nitrogen and oxygen atoms in total. The Labute approximate surface area is 68.0 Å². The molecule has 0 atom stereocenters. The van der Waals surface area contributed by atoms with Crippen molar-refractivity contribution in [2.75, 3.05) is 26.2 Å². The highest BCUT2D eigenvalue weighted by Crippen LogP contribution is 2.60. The third-order valence-corrected chi connectivity index (χ3v) is 3.79. The smallest absolute Gasteiger partial charge is 0.0218 e. The first-order valence-electron chi connectivity index (χ1n) is 4.85. The second-order valence-corrected chi connectivity index (χ2v) is 4.44. The molecular formula is C9H16N2. The van der Waals surface area contributed by atoms with Gasteiger partial charge in [-0.1, -0.05) is 0 Å². The molecule has 4 aliphatic rings. The van der Waals surface area contributed by atoms with Crippen molar-refractivity contribution in [2.45, 2.75) is 24.8 Å². The molecule has 0 spiro atoms. The Bertz CT molecular complexity index is 155. The number of hydrogen-bond acceptors (Lipinski definition) is 2. The van der Waals surface area contributed by atoms with Crippen LogP contribution in [0, 0.1) is 5.92 Å². The zero-order chi connectivity index (χ0) is 7.31. The maximum Gasteiger partial charge on any atom is 0.0218 e. The summed E-state index contributed by atoms with van der Waals surface area (Å²) in [6.45, 7) is 5.03. The van der Waals surface area contributed by atoms with E-state index in [-0.39, 0.29) is 0 Å². The van der Waals surface area contributed by atoms with E-state index >= 15 is 0 Å². The highest BCUT2D eigenvalue weighted by molar-refractivity contribution is 5.15. The van der Waals surface area contributed by atoms with Crippen molar-refractivity contribution in [1.29, 1.82) is 0 Å². The van der Waals surface area contributed by atoms with E-state index in [0.29, 0.717) is 0 Å². The van der Waals surface area contributed by atoms with Crippen LogP contribution >= 0.6 is 0 Å². The molecule has 0 aromatic rings. The summed E-state index contributed by atoms with van der Waals surface area (Å²) in [7, 11) is 0. The van der Waals surface area contributed by atoms with Crippen LogP contribution < -0.4 is 5.32 Å². The molecule has 0 aromatic heterocycles. The SMILES string of the molecule is C1CN(C23CC(C2)C3)CCN1. The Morgan fingerprint density at radius 1 is 1.09 bits per heavy atom. The van der Waals surface area contributed by atoms with E-state index in [4.69, 9.17) is 0 Å². The van der Waals surface area contributed by atoms with Gasteiger partial charge in [0, 0.05) is 31.7 Å². The van der Waals surface area contributed by atoms with Crippen LogP contribution in [-0.4, -0.2) is 36.6 Å². The molecule has 0 radical (unpaired) electrons. The second-order valence-electron chi connectivity index (χ2n) is 4.44. The monoisotopic (exact) mass is 152 g/mol. The molecule has 2 heteroatoms. The normalized spacial score (nSPS) is 49.6. The van der Waals surface area contributed by atoms with Crippen LogP contribution in [0.3, 0.4) is 0 Å². The van der Waals surface area contributed by atoms with Crippen molar-refractivity contribution >= 4 is 0 Å². The van der Waals surface area contributed by atoms with Gasteiger partial charge in [0.15, 0.2) is 0 Å². The molecule has 2 bridgehead atoms.